The molecule has 0 unspecified atom stereocenters. The van der Waals surface area contributed by atoms with Crippen LogP contribution in [-0.2, 0) is 23.8 Å². The van der Waals surface area contributed by atoms with Crippen LogP contribution in [-0.4, -0.2) is 38.4 Å². The Bertz CT molecular complexity index is 839. The highest BCUT2D eigenvalue weighted by molar-refractivity contribution is 9.10. The molecule has 7 heteroatoms. The second-order valence-electron chi connectivity index (χ2n) is 6.88. The molecule has 1 fully saturated rings. The summed E-state index contributed by atoms with van der Waals surface area (Å²) in [5, 5.41) is 3.13. The number of esters is 2. The maximum Gasteiger partial charge on any atom is 0.336 e. The zero-order valence-corrected chi connectivity index (χ0v) is 17.8. The van der Waals surface area contributed by atoms with E-state index in [4.69, 9.17) is 14.2 Å². The van der Waals surface area contributed by atoms with Crippen molar-refractivity contribution in [1.82, 2.24) is 5.32 Å². The lowest BCUT2D eigenvalue weighted by molar-refractivity contribution is -0.142. The van der Waals surface area contributed by atoms with Gasteiger partial charge < -0.3 is 19.5 Å². The van der Waals surface area contributed by atoms with E-state index in [0.29, 0.717) is 29.1 Å². The van der Waals surface area contributed by atoms with Crippen molar-refractivity contribution in [3.63, 3.8) is 0 Å². The van der Waals surface area contributed by atoms with Gasteiger partial charge in [0.1, 0.15) is 6.61 Å². The van der Waals surface area contributed by atoms with Crippen LogP contribution < -0.4 is 5.32 Å². The number of carbonyl (C=O) groups is 2. The highest BCUT2D eigenvalue weighted by atomic mass is 79.9. The van der Waals surface area contributed by atoms with Gasteiger partial charge >= 0.3 is 11.9 Å². The van der Waals surface area contributed by atoms with Crippen LogP contribution in [0.1, 0.15) is 38.2 Å². The molecular weight excluding hydrogens is 426 g/mol. The van der Waals surface area contributed by atoms with Crippen LogP contribution in [0.2, 0.25) is 0 Å². The molecule has 1 saturated heterocycles. The molecule has 6 nitrogen and oxygen atoms in total. The van der Waals surface area contributed by atoms with Crippen LogP contribution >= 0.6 is 15.9 Å². The smallest absolute Gasteiger partial charge is 0.336 e. The van der Waals surface area contributed by atoms with Gasteiger partial charge in [-0.3, -0.25) is 0 Å². The monoisotopic (exact) mass is 449 g/mol. The molecule has 2 aliphatic rings. The third-order valence-corrected chi connectivity index (χ3v) is 5.75. The van der Waals surface area contributed by atoms with Gasteiger partial charge in [0, 0.05) is 22.5 Å². The third-order valence-electron chi connectivity index (χ3n) is 5.03. The Labute approximate surface area is 173 Å². The van der Waals surface area contributed by atoms with Crippen molar-refractivity contribution in [2.75, 3.05) is 20.3 Å². The van der Waals surface area contributed by atoms with E-state index >= 15 is 0 Å². The van der Waals surface area contributed by atoms with Gasteiger partial charge in [-0.25, -0.2) is 9.59 Å². The standard InChI is InChI=1S/C21H24BrNO5/c1-12-17(20(24)26-3)19(15-8-4-5-9-16(15)22)18(13(2)23-12)21(25)28-11-14-7-6-10-27-14/h4-5,8-9,14,19,23H,6-7,10-11H2,1-3H3/t14-,19-/m1/s1. The number of rotatable bonds is 5. The van der Waals surface area contributed by atoms with E-state index < -0.39 is 17.9 Å². The largest absolute Gasteiger partial charge is 0.466 e. The molecule has 0 radical (unpaired) electrons. The molecule has 1 aromatic carbocycles. The Balaban J connectivity index is 1.99. The van der Waals surface area contributed by atoms with Gasteiger partial charge in [-0.05, 0) is 38.3 Å². The summed E-state index contributed by atoms with van der Waals surface area (Å²) < 4.78 is 16.9. The number of nitrogens with one attached hydrogen (secondary N) is 1. The van der Waals surface area contributed by atoms with E-state index in [-0.39, 0.29) is 12.7 Å². The number of carbonyl (C=O) groups excluding carboxylic acids is 2. The Hall–Kier alpha value is -2.12. The predicted octanol–water partition coefficient (Wildman–Crippen LogP) is 3.58. The first kappa shape index (κ1) is 20.6. The van der Waals surface area contributed by atoms with Crippen molar-refractivity contribution in [2.24, 2.45) is 0 Å². The molecule has 0 bridgehead atoms. The molecule has 0 aliphatic carbocycles. The zero-order chi connectivity index (χ0) is 20.3. The van der Waals surface area contributed by atoms with Crippen molar-refractivity contribution >= 4 is 27.9 Å². The molecule has 2 atom stereocenters. The van der Waals surface area contributed by atoms with Gasteiger partial charge in [0.05, 0.1) is 30.3 Å². The average Bonchev–Trinajstić information content (AvgIpc) is 3.19. The first-order valence-corrected chi connectivity index (χ1v) is 10.0. The Morgan fingerprint density at radius 2 is 1.86 bits per heavy atom. The van der Waals surface area contributed by atoms with E-state index in [9.17, 15) is 9.59 Å². The summed E-state index contributed by atoms with van der Waals surface area (Å²) >= 11 is 3.55. The molecule has 2 heterocycles. The van der Waals surface area contributed by atoms with E-state index in [1.807, 2.05) is 31.2 Å². The highest BCUT2D eigenvalue weighted by Crippen LogP contribution is 2.41. The molecule has 1 N–H and O–H groups in total. The minimum Gasteiger partial charge on any atom is -0.466 e. The van der Waals surface area contributed by atoms with Crippen molar-refractivity contribution in [2.45, 2.75) is 38.7 Å². The highest BCUT2D eigenvalue weighted by Gasteiger charge is 2.38. The van der Waals surface area contributed by atoms with Gasteiger partial charge in [0.25, 0.3) is 0 Å². The summed E-state index contributed by atoms with van der Waals surface area (Å²) in [7, 11) is 1.33. The minimum atomic E-state index is -0.596. The molecule has 2 aliphatic heterocycles. The van der Waals surface area contributed by atoms with Crippen LogP contribution in [0.4, 0.5) is 0 Å². The van der Waals surface area contributed by atoms with Crippen molar-refractivity contribution in [1.29, 1.82) is 0 Å². The maximum absolute atomic E-state index is 13.1. The summed E-state index contributed by atoms with van der Waals surface area (Å²) in [6.07, 6.45) is 1.78. The van der Waals surface area contributed by atoms with Crippen LogP contribution in [0.15, 0.2) is 51.3 Å². The number of hydrogen-bond acceptors (Lipinski definition) is 6. The predicted molar refractivity (Wildman–Crippen MR) is 107 cm³/mol. The summed E-state index contributed by atoms with van der Waals surface area (Å²) in [4.78, 5) is 25.6. The summed E-state index contributed by atoms with van der Waals surface area (Å²) in [6.45, 7) is 4.51. The lowest BCUT2D eigenvalue weighted by atomic mass is 9.80. The van der Waals surface area contributed by atoms with Crippen molar-refractivity contribution in [3.05, 3.63) is 56.8 Å². The average molecular weight is 450 g/mol. The first-order chi connectivity index (χ1) is 13.4. The van der Waals surface area contributed by atoms with E-state index in [1.54, 1.807) is 6.92 Å². The number of dihydropyridines is 1. The number of halogens is 1. The Kier molecular flexibility index (Phi) is 6.57. The zero-order valence-electron chi connectivity index (χ0n) is 16.2. The van der Waals surface area contributed by atoms with E-state index in [2.05, 4.69) is 21.2 Å². The van der Waals surface area contributed by atoms with Crippen molar-refractivity contribution < 1.29 is 23.8 Å². The van der Waals surface area contributed by atoms with Crippen LogP contribution in [0, 0.1) is 0 Å². The van der Waals surface area contributed by atoms with Gasteiger partial charge in [-0.2, -0.15) is 0 Å². The molecule has 1 aromatic rings. The SMILES string of the molecule is COC(=O)C1=C(C)NC(C)=C(C(=O)OC[C@H]2CCCO2)[C@@H]1c1ccccc1Br. The lowest BCUT2D eigenvalue weighted by Gasteiger charge is -2.31. The lowest BCUT2D eigenvalue weighted by Crippen LogP contribution is -2.33. The molecule has 0 spiro atoms. The summed E-state index contributed by atoms with van der Waals surface area (Å²) in [5.41, 5.74) is 2.90. The van der Waals surface area contributed by atoms with E-state index in [0.717, 1.165) is 22.9 Å². The van der Waals surface area contributed by atoms with Gasteiger partial charge in [0.15, 0.2) is 0 Å². The minimum absolute atomic E-state index is 0.0688. The Morgan fingerprint density at radius 1 is 1.18 bits per heavy atom. The fourth-order valence-corrected chi connectivity index (χ4v) is 4.20. The fraction of sp³-hybridized carbons (Fsp3) is 0.429. The van der Waals surface area contributed by atoms with Gasteiger partial charge in [0.2, 0.25) is 0 Å². The Morgan fingerprint density at radius 3 is 2.46 bits per heavy atom. The molecule has 0 aromatic heterocycles. The van der Waals surface area contributed by atoms with Crippen LogP contribution in [0.3, 0.4) is 0 Å². The quantitative estimate of drug-likeness (QED) is 0.692. The maximum atomic E-state index is 13.1. The van der Waals surface area contributed by atoms with Crippen molar-refractivity contribution in [3.8, 4) is 0 Å². The fourth-order valence-electron chi connectivity index (χ4n) is 3.69. The molecule has 3 rings (SSSR count). The van der Waals surface area contributed by atoms with Crippen LogP contribution in [0.25, 0.3) is 0 Å². The van der Waals surface area contributed by atoms with Gasteiger partial charge in [-0.15, -0.1) is 0 Å². The number of hydrogen-bond donors (Lipinski definition) is 1. The second-order valence-corrected chi connectivity index (χ2v) is 7.74. The topological polar surface area (TPSA) is 73.9 Å². The van der Waals surface area contributed by atoms with Crippen LogP contribution in [0.5, 0.6) is 0 Å². The molecule has 0 amide bonds. The molecule has 0 saturated carbocycles. The summed E-state index contributed by atoms with van der Waals surface area (Å²) in [5.74, 6) is -1.54. The summed E-state index contributed by atoms with van der Waals surface area (Å²) in [6, 6.07) is 7.52. The number of ether oxygens (including phenoxy) is 3. The molecule has 28 heavy (non-hydrogen) atoms. The van der Waals surface area contributed by atoms with Gasteiger partial charge in [-0.1, -0.05) is 34.1 Å². The number of allylic oxidation sites excluding steroid dienone is 2. The molecule has 150 valence electrons. The molecular formula is C21H24BrNO5. The third kappa shape index (κ3) is 4.15. The number of benzene rings is 1. The number of methoxy groups -OCH3 is 1. The normalized spacial score (nSPS) is 22.1. The second kappa shape index (κ2) is 8.92. The first-order valence-electron chi connectivity index (χ1n) is 9.24. The van der Waals surface area contributed by atoms with E-state index in [1.165, 1.54) is 7.11 Å².